The lowest BCUT2D eigenvalue weighted by atomic mass is 10.1. The minimum atomic E-state index is -0.644. The van der Waals surface area contributed by atoms with Crippen molar-refractivity contribution >= 4 is 23.5 Å². The Bertz CT molecular complexity index is 870. The van der Waals surface area contributed by atoms with Crippen LogP contribution < -0.4 is 19.9 Å². The number of piperazine rings is 1. The molecular formula is C20H24N6O3. The number of carbonyl (C=O) groups is 2. The number of nitrogens with zero attached hydrogens (tertiary/aromatic N) is 5. The van der Waals surface area contributed by atoms with Crippen LogP contribution in [0.3, 0.4) is 0 Å². The van der Waals surface area contributed by atoms with Crippen molar-refractivity contribution in [2.24, 2.45) is 0 Å². The van der Waals surface area contributed by atoms with Gasteiger partial charge in [-0.1, -0.05) is 12.1 Å². The number of amides is 2. The molecule has 0 saturated carbocycles. The lowest BCUT2D eigenvalue weighted by Crippen LogP contribution is -2.54. The molecule has 3 heterocycles. The van der Waals surface area contributed by atoms with Crippen molar-refractivity contribution in [2.45, 2.75) is 6.10 Å². The maximum absolute atomic E-state index is 13.0. The minimum absolute atomic E-state index is 0.0333. The van der Waals surface area contributed by atoms with Crippen LogP contribution in [0.2, 0.25) is 0 Å². The molecule has 2 amide bonds. The molecule has 152 valence electrons. The first-order chi connectivity index (χ1) is 14.2. The summed E-state index contributed by atoms with van der Waals surface area (Å²) in [6, 6.07) is 9.28. The van der Waals surface area contributed by atoms with Crippen molar-refractivity contribution in [3.63, 3.8) is 0 Å². The molecule has 0 spiro atoms. The van der Waals surface area contributed by atoms with Crippen LogP contribution in [-0.2, 0) is 9.59 Å². The highest BCUT2D eigenvalue weighted by Gasteiger charge is 2.32. The lowest BCUT2D eigenvalue weighted by molar-refractivity contribution is -0.131. The summed E-state index contributed by atoms with van der Waals surface area (Å²) < 4.78 is 5.81. The van der Waals surface area contributed by atoms with Crippen LogP contribution in [0.25, 0.3) is 0 Å². The Morgan fingerprint density at radius 3 is 2.55 bits per heavy atom. The summed E-state index contributed by atoms with van der Waals surface area (Å²) in [7, 11) is 1.58. The fraction of sp³-hybridized carbons (Fsp3) is 0.400. The first-order valence-corrected chi connectivity index (χ1v) is 9.67. The molecule has 0 aliphatic carbocycles. The summed E-state index contributed by atoms with van der Waals surface area (Å²) in [4.78, 5) is 39.5. The highest BCUT2D eigenvalue weighted by molar-refractivity contribution is 5.86. The van der Waals surface area contributed by atoms with E-state index in [0.29, 0.717) is 44.4 Å². The number of anilines is 2. The Morgan fingerprint density at radius 2 is 1.83 bits per heavy atom. The zero-order valence-corrected chi connectivity index (χ0v) is 16.3. The van der Waals surface area contributed by atoms with E-state index in [0.717, 1.165) is 5.69 Å². The van der Waals surface area contributed by atoms with Gasteiger partial charge < -0.3 is 24.8 Å². The fourth-order valence-electron chi connectivity index (χ4n) is 3.63. The number of ether oxygens (including phenoxy) is 1. The second-order valence-corrected chi connectivity index (χ2v) is 6.99. The predicted molar refractivity (Wildman–Crippen MR) is 108 cm³/mol. The molecule has 1 fully saturated rings. The van der Waals surface area contributed by atoms with Crippen molar-refractivity contribution < 1.29 is 14.3 Å². The largest absolute Gasteiger partial charge is 0.477 e. The highest BCUT2D eigenvalue weighted by atomic mass is 16.5. The molecule has 2 aromatic rings. The van der Waals surface area contributed by atoms with E-state index >= 15 is 0 Å². The molecule has 9 heteroatoms. The van der Waals surface area contributed by atoms with Crippen molar-refractivity contribution in [1.29, 1.82) is 0 Å². The molecule has 1 saturated heterocycles. The molecule has 29 heavy (non-hydrogen) atoms. The molecule has 1 aromatic carbocycles. The van der Waals surface area contributed by atoms with E-state index in [4.69, 9.17) is 4.74 Å². The number of hydrogen-bond donors (Lipinski definition) is 1. The molecule has 0 unspecified atom stereocenters. The van der Waals surface area contributed by atoms with Gasteiger partial charge in [0.15, 0.2) is 6.10 Å². The summed E-state index contributed by atoms with van der Waals surface area (Å²) in [5.74, 6) is 1.14. The molecule has 2 aliphatic heterocycles. The topological polar surface area (TPSA) is 90.9 Å². The number of carbonyl (C=O) groups excluding carboxylic acids is 2. The maximum atomic E-state index is 13.0. The zero-order valence-electron chi connectivity index (χ0n) is 16.3. The summed E-state index contributed by atoms with van der Waals surface area (Å²) in [6.07, 6.45) is 2.80. The molecule has 2 aliphatic rings. The van der Waals surface area contributed by atoms with Crippen LogP contribution in [0.15, 0.2) is 42.7 Å². The number of nitrogens with one attached hydrogen (secondary N) is 1. The van der Waals surface area contributed by atoms with Gasteiger partial charge in [0.2, 0.25) is 11.9 Å². The molecular weight excluding hydrogens is 372 g/mol. The number of benzene rings is 1. The SMILES string of the molecule is CNC(=O)[C@H]1CN(CC(=O)N2CCN(c3ncccn3)CC2)c2ccccc2O1. The third kappa shape index (κ3) is 4.08. The first kappa shape index (κ1) is 19.0. The van der Waals surface area contributed by atoms with Gasteiger partial charge in [0, 0.05) is 45.6 Å². The number of aromatic nitrogens is 2. The Kier molecular flexibility index (Phi) is 5.46. The average molecular weight is 396 g/mol. The number of para-hydroxylation sites is 2. The van der Waals surface area contributed by atoms with Gasteiger partial charge in [-0.3, -0.25) is 9.59 Å². The molecule has 4 rings (SSSR count). The van der Waals surface area contributed by atoms with Gasteiger partial charge in [-0.25, -0.2) is 9.97 Å². The van der Waals surface area contributed by atoms with Gasteiger partial charge in [-0.05, 0) is 18.2 Å². The number of hydrogen-bond acceptors (Lipinski definition) is 7. The molecule has 9 nitrogen and oxygen atoms in total. The number of rotatable bonds is 4. The van der Waals surface area contributed by atoms with Gasteiger partial charge in [0.25, 0.3) is 5.91 Å². The van der Waals surface area contributed by atoms with Gasteiger partial charge >= 0.3 is 0 Å². The van der Waals surface area contributed by atoms with Crippen LogP contribution in [0.1, 0.15) is 0 Å². The first-order valence-electron chi connectivity index (χ1n) is 9.67. The number of likely N-dealkylation sites (N-methyl/N-ethyl adjacent to an activating group) is 1. The van der Waals surface area contributed by atoms with Gasteiger partial charge in [0.1, 0.15) is 5.75 Å². The van der Waals surface area contributed by atoms with Crippen LogP contribution in [0.4, 0.5) is 11.6 Å². The number of fused-ring (bicyclic) bond motifs is 1. The Morgan fingerprint density at radius 1 is 1.10 bits per heavy atom. The summed E-state index contributed by atoms with van der Waals surface area (Å²) in [6.45, 7) is 3.15. The van der Waals surface area contributed by atoms with Gasteiger partial charge in [-0.15, -0.1) is 0 Å². The summed E-state index contributed by atoms with van der Waals surface area (Å²) in [5, 5.41) is 2.62. The van der Waals surface area contributed by atoms with Crippen molar-refractivity contribution in [2.75, 3.05) is 56.1 Å². The predicted octanol–water partition coefficient (Wildman–Crippen LogP) is 0.139. The molecule has 0 radical (unpaired) electrons. The third-order valence-corrected chi connectivity index (χ3v) is 5.19. The van der Waals surface area contributed by atoms with Crippen LogP contribution in [-0.4, -0.2) is 79.1 Å². The Labute approximate surface area is 169 Å². The summed E-state index contributed by atoms with van der Waals surface area (Å²) in [5.41, 5.74) is 0.831. The van der Waals surface area contributed by atoms with E-state index in [-0.39, 0.29) is 18.4 Å². The molecule has 1 N–H and O–H groups in total. The van der Waals surface area contributed by atoms with E-state index < -0.39 is 6.10 Å². The highest BCUT2D eigenvalue weighted by Crippen LogP contribution is 2.33. The van der Waals surface area contributed by atoms with E-state index in [9.17, 15) is 9.59 Å². The van der Waals surface area contributed by atoms with Crippen molar-refractivity contribution in [3.8, 4) is 5.75 Å². The van der Waals surface area contributed by atoms with Gasteiger partial charge in [0.05, 0.1) is 18.8 Å². The van der Waals surface area contributed by atoms with Crippen LogP contribution >= 0.6 is 0 Å². The Balaban J connectivity index is 1.41. The quantitative estimate of drug-likeness (QED) is 0.786. The van der Waals surface area contributed by atoms with Gasteiger partial charge in [-0.2, -0.15) is 0 Å². The second-order valence-electron chi connectivity index (χ2n) is 6.99. The smallest absolute Gasteiger partial charge is 0.262 e. The third-order valence-electron chi connectivity index (χ3n) is 5.19. The fourth-order valence-corrected chi connectivity index (χ4v) is 3.63. The minimum Gasteiger partial charge on any atom is -0.477 e. The normalized spacial score (nSPS) is 18.7. The molecule has 1 atom stereocenters. The van der Waals surface area contributed by atoms with Crippen LogP contribution in [0.5, 0.6) is 5.75 Å². The van der Waals surface area contributed by atoms with Crippen molar-refractivity contribution in [1.82, 2.24) is 20.2 Å². The Hall–Kier alpha value is -3.36. The van der Waals surface area contributed by atoms with Crippen LogP contribution in [0, 0.1) is 0 Å². The van der Waals surface area contributed by atoms with Crippen molar-refractivity contribution in [3.05, 3.63) is 42.7 Å². The van der Waals surface area contributed by atoms with E-state index in [2.05, 4.69) is 20.2 Å². The monoisotopic (exact) mass is 396 g/mol. The van der Waals surface area contributed by atoms with E-state index in [1.54, 1.807) is 25.5 Å². The molecule has 0 bridgehead atoms. The standard InChI is InChI=1S/C20H24N6O3/c1-21-19(28)17-13-26(15-5-2-3-6-16(15)29-17)14-18(27)24-9-11-25(12-10-24)20-22-7-4-8-23-20/h2-8,17H,9-14H2,1H3,(H,21,28)/t17-/m1/s1. The second kappa shape index (κ2) is 8.34. The van der Waals surface area contributed by atoms with E-state index in [1.165, 1.54) is 0 Å². The lowest BCUT2D eigenvalue weighted by Gasteiger charge is -2.38. The summed E-state index contributed by atoms with van der Waals surface area (Å²) >= 11 is 0. The average Bonchev–Trinajstić information content (AvgIpc) is 2.79. The zero-order chi connectivity index (χ0) is 20.2. The van der Waals surface area contributed by atoms with E-state index in [1.807, 2.05) is 34.1 Å². The molecule has 1 aromatic heterocycles. The maximum Gasteiger partial charge on any atom is 0.262 e.